The lowest BCUT2D eigenvalue weighted by Crippen LogP contribution is -2.37. The van der Waals surface area contributed by atoms with Gasteiger partial charge in [-0.25, -0.2) is 14.8 Å². The number of carbonyl (C=O) groups excluding carboxylic acids is 2. The van der Waals surface area contributed by atoms with Crippen LogP contribution in [0.25, 0.3) is 11.3 Å². The van der Waals surface area contributed by atoms with Crippen LogP contribution in [0.3, 0.4) is 0 Å². The third kappa shape index (κ3) is 7.88. The molecule has 0 saturated heterocycles. The van der Waals surface area contributed by atoms with Crippen LogP contribution in [0.2, 0.25) is 0 Å². The first-order valence-electron chi connectivity index (χ1n) is 13.5. The molecule has 1 fully saturated rings. The van der Waals surface area contributed by atoms with E-state index < -0.39 is 11.7 Å². The zero-order valence-corrected chi connectivity index (χ0v) is 22.3. The number of ether oxygens (including phenoxy) is 1. The third-order valence-corrected chi connectivity index (χ3v) is 7.40. The molecule has 0 aliphatic heterocycles. The van der Waals surface area contributed by atoms with Gasteiger partial charge in [0, 0.05) is 17.7 Å². The summed E-state index contributed by atoms with van der Waals surface area (Å²) in [6.07, 6.45) is 7.00. The highest BCUT2D eigenvalue weighted by molar-refractivity contribution is 5.79. The maximum atomic E-state index is 13.4. The molecule has 1 aliphatic rings. The molecule has 0 bridgehead atoms. The van der Waals surface area contributed by atoms with Crippen molar-refractivity contribution in [1.82, 2.24) is 15.3 Å². The predicted octanol–water partition coefficient (Wildman–Crippen LogP) is 6.00. The summed E-state index contributed by atoms with van der Waals surface area (Å²) in [5.41, 5.74) is 7.60. The van der Waals surface area contributed by atoms with Crippen LogP contribution in [-0.4, -0.2) is 27.6 Å². The van der Waals surface area contributed by atoms with E-state index in [1.54, 1.807) is 6.20 Å². The molecule has 7 heteroatoms. The van der Waals surface area contributed by atoms with E-state index in [1.807, 2.05) is 68.4 Å². The summed E-state index contributed by atoms with van der Waals surface area (Å²) < 4.78 is 5.22. The Bertz CT molecular complexity index is 1190. The summed E-state index contributed by atoms with van der Waals surface area (Å²) in [7, 11) is 0. The minimum atomic E-state index is -0.737. The van der Waals surface area contributed by atoms with E-state index in [-0.39, 0.29) is 17.9 Å². The van der Waals surface area contributed by atoms with E-state index in [0.29, 0.717) is 18.2 Å². The number of rotatable bonds is 10. The standard InChI is InChI=1S/C31H38N4O3/c1-31(2,38-30(32)37)19-17-22-13-15-25(16-14-22)29(36)35-27(21-23-9-5-3-6-10-23)28-33-20-18-26(34-28)24-11-7-4-8-12-24/h3-12,18,20,22,25,27H,13-17,19,21H2,1-2H3,(H2,32,37)(H,35,36)/t22?,25?,27-/m0/s1. The van der Waals surface area contributed by atoms with E-state index in [0.717, 1.165) is 55.3 Å². The Morgan fingerprint density at radius 3 is 2.32 bits per heavy atom. The van der Waals surface area contributed by atoms with Gasteiger partial charge in [0.05, 0.1) is 11.7 Å². The van der Waals surface area contributed by atoms with Crippen LogP contribution < -0.4 is 11.1 Å². The van der Waals surface area contributed by atoms with Crippen LogP contribution in [0, 0.1) is 11.8 Å². The number of primary amides is 1. The summed E-state index contributed by atoms with van der Waals surface area (Å²) in [5.74, 6) is 1.17. The first-order chi connectivity index (χ1) is 18.3. The van der Waals surface area contributed by atoms with E-state index in [1.165, 1.54) is 0 Å². The molecule has 3 aromatic rings. The van der Waals surface area contributed by atoms with Gasteiger partial charge < -0.3 is 15.8 Å². The number of benzene rings is 2. The molecule has 2 amide bonds. The van der Waals surface area contributed by atoms with E-state index in [4.69, 9.17) is 15.5 Å². The fourth-order valence-electron chi connectivity index (χ4n) is 5.25. The molecule has 1 heterocycles. The van der Waals surface area contributed by atoms with Gasteiger partial charge in [0.2, 0.25) is 5.91 Å². The van der Waals surface area contributed by atoms with Gasteiger partial charge in [0.15, 0.2) is 5.82 Å². The van der Waals surface area contributed by atoms with Gasteiger partial charge >= 0.3 is 6.09 Å². The number of nitrogens with two attached hydrogens (primary N) is 1. The topological polar surface area (TPSA) is 107 Å². The molecule has 0 spiro atoms. The first-order valence-corrected chi connectivity index (χ1v) is 13.5. The van der Waals surface area contributed by atoms with Crippen molar-refractivity contribution in [2.75, 3.05) is 0 Å². The average molecular weight is 515 g/mol. The zero-order chi connectivity index (χ0) is 27.0. The Kier molecular flexibility index (Phi) is 9.10. The van der Waals surface area contributed by atoms with Gasteiger partial charge in [-0.15, -0.1) is 0 Å². The molecule has 1 saturated carbocycles. The Morgan fingerprint density at radius 2 is 1.66 bits per heavy atom. The molecule has 0 radical (unpaired) electrons. The third-order valence-electron chi connectivity index (χ3n) is 7.40. The highest BCUT2D eigenvalue weighted by atomic mass is 16.6. The monoisotopic (exact) mass is 514 g/mol. The van der Waals surface area contributed by atoms with Crippen LogP contribution in [0.4, 0.5) is 4.79 Å². The lowest BCUT2D eigenvalue weighted by Gasteiger charge is -2.31. The number of carbonyl (C=O) groups is 2. The lowest BCUT2D eigenvalue weighted by atomic mass is 9.78. The van der Waals surface area contributed by atoms with Crippen molar-refractivity contribution in [1.29, 1.82) is 0 Å². The predicted molar refractivity (Wildman–Crippen MR) is 148 cm³/mol. The molecular formula is C31H38N4O3. The number of nitrogens with zero attached hydrogens (tertiary/aromatic N) is 2. The summed E-state index contributed by atoms with van der Waals surface area (Å²) in [6.45, 7) is 3.77. The second-order valence-corrected chi connectivity index (χ2v) is 10.9. The Balaban J connectivity index is 1.41. The van der Waals surface area contributed by atoms with Crippen LogP contribution in [0.15, 0.2) is 72.9 Å². The van der Waals surface area contributed by atoms with E-state index in [9.17, 15) is 9.59 Å². The summed E-state index contributed by atoms with van der Waals surface area (Å²) in [6, 6.07) is 21.7. The molecule has 1 aromatic heterocycles. The smallest absolute Gasteiger partial charge is 0.405 e. The molecular weight excluding hydrogens is 476 g/mol. The van der Waals surface area contributed by atoms with Crippen molar-refractivity contribution in [3.8, 4) is 11.3 Å². The average Bonchev–Trinajstić information content (AvgIpc) is 2.92. The van der Waals surface area contributed by atoms with Crippen molar-refractivity contribution in [3.05, 3.63) is 84.3 Å². The minimum Gasteiger partial charge on any atom is -0.444 e. The molecule has 3 N–H and O–H groups in total. The molecule has 1 aliphatic carbocycles. The Morgan fingerprint density at radius 1 is 1.00 bits per heavy atom. The molecule has 7 nitrogen and oxygen atoms in total. The van der Waals surface area contributed by atoms with Gasteiger partial charge in [-0.3, -0.25) is 4.79 Å². The molecule has 4 rings (SSSR count). The number of hydrogen-bond acceptors (Lipinski definition) is 5. The van der Waals surface area contributed by atoms with Crippen molar-refractivity contribution in [3.63, 3.8) is 0 Å². The Hall–Kier alpha value is -3.74. The molecule has 1 atom stereocenters. The van der Waals surface area contributed by atoms with Crippen LogP contribution >= 0.6 is 0 Å². The minimum absolute atomic E-state index is 0.0308. The van der Waals surface area contributed by atoms with Gasteiger partial charge in [-0.1, -0.05) is 60.7 Å². The highest BCUT2D eigenvalue weighted by Crippen LogP contribution is 2.34. The molecule has 38 heavy (non-hydrogen) atoms. The maximum absolute atomic E-state index is 13.4. The second-order valence-electron chi connectivity index (χ2n) is 10.9. The van der Waals surface area contributed by atoms with Gasteiger partial charge in [0.25, 0.3) is 0 Å². The molecule has 200 valence electrons. The van der Waals surface area contributed by atoms with Gasteiger partial charge in [-0.2, -0.15) is 0 Å². The van der Waals surface area contributed by atoms with Crippen molar-refractivity contribution >= 4 is 12.0 Å². The van der Waals surface area contributed by atoms with Crippen molar-refractivity contribution in [2.45, 2.75) is 70.4 Å². The van der Waals surface area contributed by atoms with Gasteiger partial charge in [-0.05, 0) is 76.3 Å². The molecule has 0 unspecified atom stereocenters. The van der Waals surface area contributed by atoms with Crippen LogP contribution in [0.5, 0.6) is 0 Å². The number of hydrogen-bond donors (Lipinski definition) is 2. The second kappa shape index (κ2) is 12.7. The number of nitrogens with one attached hydrogen (secondary N) is 1. The lowest BCUT2D eigenvalue weighted by molar-refractivity contribution is -0.127. The van der Waals surface area contributed by atoms with E-state index >= 15 is 0 Å². The number of aromatic nitrogens is 2. The zero-order valence-electron chi connectivity index (χ0n) is 22.3. The van der Waals surface area contributed by atoms with Crippen molar-refractivity contribution in [2.24, 2.45) is 17.6 Å². The highest BCUT2D eigenvalue weighted by Gasteiger charge is 2.30. The fraction of sp³-hybridized carbons (Fsp3) is 0.419. The normalized spacial score (nSPS) is 18.4. The Labute approximate surface area is 225 Å². The largest absolute Gasteiger partial charge is 0.444 e. The first kappa shape index (κ1) is 27.3. The molecule has 2 aromatic carbocycles. The fourth-order valence-corrected chi connectivity index (χ4v) is 5.25. The summed E-state index contributed by atoms with van der Waals surface area (Å²) in [4.78, 5) is 34.0. The van der Waals surface area contributed by atoms with Crippen LogP contribution in [0.1, 0.15) is 69.8 Å². The van der Waals surface area contributed by atoms with E-state index in [2.05, 4.69) is 22.4 Å². The maximum Gasteiger partial charge on any atom is 0.405 e. The van der Waals surface area contributed by atoms with Crippen molar-refractivity contribution < 1.29 is 14.3 Å². The SMILES string of the molecule is CC(C)(CCC1CCC(C(=O)N[C@@H](Cc2ccccc2)c2nccc(-c3ccccc3)n2)CC1)OC(N)=O. The van der Waals surface area contributed by atoms with Crippen LogP contribution in [-0.2, 0) is 16.0 Å². The quantitative estimate of drug-likeness (QED) is 0.345. The summed E-state index contributed by atoms with van der Waals surface area (Å²) in [5, 5.41) is 3.29. The van der Waals surface area contributed by atoms with Gasteiger partial charge in [0.1, 0.15) is 5.60 Å². The number of amides is 2. The summed E-state index contributed by atoms with van der Waals surface area (Å²) >= 11 is 0.